The second-order valence-corrected chi connectivity index (χ2v) is 8.53. The van der Waals surface area contributed by atoms with Crippen LogP contribution in [0.15, 0.2) is 29.2 Å². The van der Waals surface area contributed by atoms with Gasteiger partial charge in [-0.15, -0.1) is 0 Å². The molecule has 1 saturated heterocycles. The monoisotopic (exact) mass is 322 g/mol. The molecule has 1 aromatic rings. The van der Waals surface area contributed by atoms with Crippen molar-refractivity contribution in [1.82, 2.24) is 4.90 Å². The predicted molar refractivity (Wildman–Crippen MR) is 133 cm³/mol. The molecule has 25 heavy (non-hydrogen) atoms. The van der Waals surface area contributed by atoms with Crippen molar-refractivity contribution in [2.24, 2.45) is 4.90 Å². The molecular formula is C13H28B10N2. The molecule has 0 amide bonds. The average Bonchev–Trinajstić information content (AvgIpc) is 3.08. The van der Waals surface area contributed by atoms with Gasteiger partial charge in [0.05, 0.1) is 0 Å². The SMILES string of the molecule is BB(B)B(B)B(/B=N/CCc1ccc(CN2CCCC2)cc1)B(B)B. The second-order valence-electron chi connectivity index (χ2n) is 8.53. The predicted octanol–water partition coefficient (Wildman–Crippen LogP) is -3.93. The summed E-state index contributed by atoms with van der Waals surface area (Å²) < 4.78 is 0. The molecule has 2 rings (SSSR count). The fraction of sp³-hybridized carbons (Fsp3) is 0.538. The summed E-state index contributed by atoms with van der Waals surface area (Å²) in [6.07, 6.45) is 6.41. The van der Waals surface area contributed by atoms with Crippen LogP contribution in [0.2, 0.25) is 0 Å². The maximum absolute atomic E-state index is 4.76. The molecule has 2 nitrogen and oxygen atoms in total. The number of benzene rings is 1. The Balaban J connectivity index is 1.79. The Bertz CT molecular complexity index is 532. The van der Waals surface area contributed by atoms with Gasteiger partial charge in [-0.1, -0.05) is 0 Å². The van der Waals surface area contributed by atoms with Crippen LogP contribution in [0.5, 0.6) is 0 Å². The summed E-state index contributed by atoms with van der Waals surface area (Å²) in [4.78, 5) is 7.32. The van der Waals surface area contributed by atoms with Gasteiger partial charge in [-0.2, -0.15) is 0 Å². The molecule has 1 heterocycles. The maximum atomic E-state index is 4.76. The van der Waals surface area contributed by atoms with E-state index in [9.17, 15) is 0 Å². The van der Waals surface area contributed by atoms with E-state index in [2.05, 4.69) is 74.8 Å². The topological polar surface area (TPSA) is 15.6 Å². The van der Waals surface area contributed by atoms with Crippen molar-refractivity contribution in [3.63, 3.8) is 0 Å². The summed E-state index contributed by atoms with van der Waals surface area (Å²) in [5.74, 6) is 0. The van der Waals surface area contributed by atoms with Gasteiger partial charge in [0.25, 0.3) is 0 Å². The third kappa shape index (κ3) is 7.04. The van der Waals surface area contributed by atoms with Crippen LogP contribution >= 0.6 is 0 Å². The van der Waals surface area contributed by atoms with Crippen LogP contribution in [0, 0.1) is 0 Å². The Morgan fingerprint density at radius 3 is 2.08 bits per heavy atom. The average molecular weight is 321 g/mol. The van der Waals surface area contributed by atoms with Gasteiger partial charge in [0.2, 0.25) is 0 Å². The molecule has 1 fully saturated rings. The Morgan fingerprint density at radius 2 is 1.52 bits per heavy atom. The molecule has 12 heteroatoms. The summed E-state index contributed by atoms with van der Waals surface area (Å²) in [6.45, 7) is 6.78. The van der Waals surface area contributed by atoms with Crippen molar-refractivity contribution in [3.8, 4) is 0 Å². The van der Waals surface area contributed by atoms with E-state index in [-0.39, 0.29) is 0 Å². The Hall–Kier alpha value is -0.371. The van der Waals surface area contributed by atoms with Gasteiger partial charge < -0.3 is 0 Å². The summed E-state index contributed by atoms with van der Waals surface area (Å²) >= 11 is 0. The quantitative estimate of drug-likeness (QED) is 0.425. The van der Waals surface area contributed by atoms with Crippen LogP contribution in [-0.4, -0.2) is 95.7 Å². The molecule has 1 aromatic carbocycles. The Morgan fingerprint density at radius 1 is 0.920 bits per heavy atom. The normalized spacial score (nSPS) is 14.4. The molecule has 0 bridgehead atoms. The first-order valence-electron chi connectivity index (χ1n) is 10.3. The van der Waals surface area contributed by atoms with Gasteiger partial charge in [-0.05, 0) is 0 Å². The van der Waals surface area contributed by atoms with E-state index < -0.39 is 0 Å². The van der Waals surface area contributed by atoms with Crippen molar-refractivity contribution in [3.05, 3.63) is 35.4 Å². The van der Waals surface area contributed by atoms with Gasteiger partial charge in [0.15, 0.2) is 0 Å². The Labute approximate surface area is 162 Å². The van der Waals surface area contributed by atoms with E-state index in [4.69, 9.17) is 4.90 Å². The van der Waals surface area contributed by atoms with Crippen LogP contribution in [0.1, 0.15) is 24.0 Å². The van der Waals surface area contributed by atoms with Crippen molar-refractivity contribution >= 4 is 71.2 Å². The first-order valence-corrected chi connectivity index (χ1v) is 10.3. The first kappa shape index (κ1) is 20.9. The van der Waals surface area contributed by atoms with Crippen molar-refractivity contribution < 1.29 is 0 Å². The molecule has 0 saturated carbocycles. The molecule has 0 N–H and O–H groups in total. The third-order valence-electron chi connectivity index (χ3n) is 5.86. The first-order chi connectivity index (χ1) is 12.0. The minimum atomic E-state index is 0.586. The number of nitrogens with zero attached hydrogens (tertiary/aromatic N) is 2. The third-order valence-corrected chi connectivity index (χ3v) is 5.86. The van der Waals surface area contributed by atoms with Crippen LogP contribution in [-0.2, 0) is 13.0 Å². The van der Waals surface area contributed by atoms with E-state index >= 15 is 0 Å². The van der Waals surface area contributed by atoms with Gasteiger partial charge in [-0.3, -0.25) is 0 Å². The zero-order chi connectivity index (χ0) is 18.2. The fourth-order valence-electron chi connectivity index (χ4n) is 3.76. The van der Waals surface area contributed by atoms with Crippen LogP contribution in [0.4, 0.5) is 0 Å². The number of hydrogen-bond acceptors (Lipinski definition) is 2. The molecule has 0 aliphatic carbocycles. The van der Waals surface area contributed by atoms with Gasteiger partial charge in [0, 0.05) is 0 Å². The van der Waals surface area contributed by atoms with E-state index in [1.54, 1.807) is 0 Å². The molecule has 1 aliphatic heterocycles. The van der Waals surface area contributed by atoms with Crippen molar-refractivity contribution in [2.45, 2.75) is 25.8 Å². The van der Waals surface area contributed by atoms with Crippen LogP contribution in [0.3, 0.4) is 0 Å². The van der Waals surface area contributed by atoms with E-state index in [0.29, 0.717) is 25.5 Å². The fourth-order valence-corrected chi connectivity index (χ4v) is 3.76. The van der Waals surface area contributed by atoms with E-state index in [0.717, 1.165) is 19.5 Å². The number of rotatable bonds is 9. The molecule has 120 valence electrons. The number of hydrogen-bond donors (Lipinski definition) is 0. The van der Waals surface area contributed by atoms with Gasteiger partial charge >= 0.3 is 162 Å². The molecule has 0 spiro atoms. The zero-order valence-corrected chi connectivity index (χ0v) is 17.0. The van der Waals surface area contributed by atoms with E-state index in [1.807, 2.05) is 0 Å². The molecule has 0 atom stereocenters. The summed E-state index contributed by atoms with van der Waals surface area (Å²) in [5.41, 5.74) is 2.85. The van der Waals surface area contributed by atoms with Crippen molar-refractivity contribution in [1.29, 1.82) is 0 Å². The zero-order valence-electron chi connectivity index (χ0n) is 17.0. The Kier molecular flexibility index (Phi) is 8.96. The van der Waals surface area contributed by atoms with Gasteiger partial charge in [0.1, 0.15) is 0 Å². The second kappa shape index (κ2) is 10.7. The number of likely N-dealkylation sites (tertiary alicyclic amines) is 1. The summed E-state index contributed by atoms with van der Waals surface area (Å²) in [6, 6.07) is 9.18. The van der Waals surface area contributed by atoms with Gasteiger partial charge in [-0.25, -0.2) is 0 Å². The molecule has 0 aromatic heterocycles. The minimum absolute atomic E-state index is 0.586. The summed E-state index contributed by atoms with van der Waals surface area (Å²) in [7, 11) is 11.6. The molecule has 1 aliphatic rings. The molecular weight excluding hydrogens is 292 g/mol. The van der Waals surface area contributed by atoms with Crippen LogP contribution in [0.25, 0.3) is 0 Å². The molecule has 0 unspecified atom stereocenters. The molecule has 0 radical (unpaired) electrons. The van der Waals surface area contributed by atoms with Crippen molar-refractivity contribution in [2.75, 3.05) is 19.6 Å². The van der Waals surface area contributed by atoms with E-state index in [1.165, 1.54) is 37.1 Å². The summed E-state index contributed by atoms with van der Waals surface area (Å²) in [5, 5.41) is 0. The van der Waals surface area contributed by atoms with Crippen LogP contribution < -0.4 is 0 Å². The standard InChI is InChI=1S/C13H28B10N2/c14-20(15)22(18)23(21(16)17)19-24-8-7-12-3-5-13(6-4-12)11-25-9-1-2-10-25/h3-6H,1-2,7-11,14-18H2.